The third-order valence-corrected chi connectivity index (χ3v) is 11.0. The zero-order valence-corrected chi connectivity index (χ0v) is 29.4. The summed E-state index contributed by atoms with van der Waals surface area (Å²) < 4.78 is 6.39. The fraction of sp³-hybridized carbons (Fsp3) is 0.0816. The molecule has 3 nitrogen and oxygen atoms in total. The number of hydrogen-bond donors (Lipinski definition) is 0. The first kappa shape index (κ1) is 30.4. The number of aromatic nitrogens is 1. The second kappa shape index (κ2) is 11.5. The summed E-state index contributed by atoms with van der Waals surface area (Å²) in [4.78, 5) is 7.62. The highest BCUT2D eigenvalue weighted by atomic mass is 16.3. The van der Waals surface area contributed by atoms with Crippen molar-refractivity contribution in [2.24, 2.45) is 0 Å². The van der Waals surface area contributed by atoms with Gasteiger partial charge in [-0.1, -0.05) is 135 Å². The second-order valence-corrected chi connectivity index (χ2v) is 14.4. The molecule has 1 aromatic heterocycles. The van der Waals surface area contributed by atoms with Crippen LogP contribution in [-0.4, -0.2) is 4.98 Å². The first-order valence-electron chi connectivity index (χ1n) is 18.0. The van der Waals surface area contributed by atoms with E-state index in [4.69, 9.17) is 9.40 Å². The Morgan fingerprint density at radius 2 is 1.21 bits per heavy atom. The molecule has 0 saturated heterocycles. The standard InChI is InChI=1S/C49H36N2O/c1-31-14-7-8-17-36(31)38-19-10-12-22-42(38)51(43-23-13-20-39-37-18-9-11-21-41(37)49(2,3)46(39)43)35-28-26-32-24-25-33-27-29-44-47(45(33)40(32)30-35)50-48(52-44)34-15-5-4-6-16-34/h4-30H,1-3H3. The molecule has 10 rings (SSSR count). The summed E-state index contributed by atoms with van der Waals surface area (Å²) in [6, 6.07) is 58.9. The van der Waals surface area contributed by atoms with E-state index in [-0.39, 0.29) is 5.41 Å². The van der Waals surface area contributed by atoms with E-state index >= 15 is 0 Å². The number of fused-ring (bicyclic) bond motifs is 8. The largest absolute Gasteiger partial charge is 0.436 e. The van der Waals surface area contributed by atoms with Gasteiger partial charge in [-0.3, -0.25) is 0 Å². The molecule has 0 fully saturated rings. The summed E-state index contributed by atoms with van der Waals surface area (Å²) in [7, 11) is 0. The lowest BCUT2D eigenvalue weighted by Gasteiger charge is -2.33. The predicted octanol–water partition coefficient (Wildman–Crippen LogP) is 13.6. The van der Waals surface area contributed by atoms with Crippen molar-refractivity contribution in [3.8, 4) is 33.7 Å². The molecule has 3 heteroatoms. The van der Waals surface area contributed by atoms with Gasteiger partial charge in [0.1, 0.15) is 5.52 Å². The minimum Gasteiger partial charge on any atom is -0.436 e. The van der Waals surface area contributed by atoms with E-state index in [0.29, 0.717) is 5.89 Å². The predicted molar refractivity (Wildman–Crippen MR) is 217 cm³/mol. The highest BCUT2D eigenvalue weighted by molar-refractivity contribution is 6.19. The lowest BCUT2D eigenvalue weighted by Crippen LogP contribution is -2.21. The number of nitrogens with zero attached hydrogens (tertiary/aromatic N) is 2. The van der Waals surface area contributed by atoms with Crippen molar-refractivity contribution in [1.82, 2.24) is 4.98 Å². The van der Waals surface area contributed by atoms with Gasteiger partial charge < -0.3 is 9.32 Å². The van der Waals surface area contributed by atoms with Crippen LogP contribution in [0.2, 0.25) is 0 Å². The third kappa shape index (κ3) is 4.56. The molecule has 9 aromatic rings. The van der Waals surface area contributed by atoms with Gasteiger partial charge in [0.25, 0.3) is 0 Å². The highest BCUT2D eigenvalue weighted by Gasteiger charge is 2.39. The number of anilines is 3. The SMILES string of the molecule is Cc1ccccc1-c1ccccc1N(c1ccc2ccc3ccc4oc(-c5ccccc5)nc4c3c2c1)c1cccc2c1C(C)(C)c1ccccc1-2. The van der Waals surface area contributed by atoms with Crippen molar-refractivity contribution in [1.29, 1.82) is 0 Å². The van der Waals surface area contributed by atoms with Crippen molar-refractivity contribution >= 4 is 49.7 Å². The van der Waals surface area contributed by atoms with Crippen molar-refractivity contribution in [3.63, 3.8) is 0 Å². The molecule has 1 heterocycles. The molecule has 52 heavy (non-hydrogen) atoms. The van der Waals surface area contributed by atoms with Gasteiger partial charge >= 0.3 is 0 Å². The molecule has 0 bridgehead atoms. The van der Waals surface area contributed by atoms with Gasteiger partial charge in [0.2, 0.25) is 5.89 Å². The van der Waals surface area contributed by atoms with Crippen LogP contribution in [0.5, 0.6) is 0 Å². The Balaban J connectivity index is 1.27. The van der Waals surface area contributed by atoms with Crippen LogP contribution in [0.1, 0.15) is 30.5 Å². The fourth-order valence-electron chi connectivity index (χ4n) is 8.55. The van der Waals surface area contributed by atoms with Crippen LogP contribution >= 0.6 is 0 Å². The van der Waals surface area contributed by atoms with Crippen molar-refractivity contribution < 1.29 is 4.42 Å². The van der Waals surface area contributed by atoms with Crippen molar-refractivity contribution in [2.75, 3.05) is 4.90 Å². The Morgan fingerprint density at radius 3 is 2.06 bits per heavy atom. The molecule has 0 N–H and O–H groups in total. The summed E-state index contributed by atoms with van der Waals surface area (Å²) in [5.41, 5.74) is 14.8. The summed E-state index contributed by atoms with van der Waals surface area (Å²) >= 11 is 0. The van der Waals surface area contributed by atoms with E-state index < -0.39 is 0 Å². The van der Waals surface area contributed by atoms with Crippen LogP contribution in [0.25, 0.3) is 66.4 Å². The van der Waals surface area contributed by atoms with Gasteiger partial charge in [0.15, 0.2) is 5.58 Å². The minimum absolute atomic E-state index is 0.206. The Morgan fingerprint density at radius 1 is 0.558 bits per heavy atom. The number of aryl methyl sites for hydroxylation is 1. The molecule has 8 aromatic carbocycles. The first-order chi connectivity index (χ1) is 25.5. The van der Waals surface area contributed by atoms with Crippen molar-refractivity contribution in [3.05, 3.63) is 180 Å². The molecule has 0 amide bonds. The van der Waals surface area contributed by atoms with Gasteiger partial charge in [0, 0.05) is 27.6 Å². The Hall–Kier alpha value is -6.45. The van der Waals surface area contributed by atoms with Crippen LogP contribution in [0.3, 0.4) is 0 Å². The number of rotatable bonds is 5. The maximum absolute atomic E-state index is 6.39. The normalized spacial score (nSPS) is 13.1. The van der Waals surface area contributed by atoms with E-state index in [0.717, 1.165) is 49.6 Å². The Labute approximate surface area is 303 Å². The zero-order chi connectivity index (χ0) is 35.0. The van der Waals surface area contributed by atoms with Gasteiger partial charge in [-0.2, -0.15) is 0 Å². The lowest BCUT2D eigenvalue weighted by atomic mass is 9.81. The second-order valence-electron chi connectivity index (χ2n) is 14.4. The quantitative estimate of drug-likeness (QED) is 0.171. The van der Waals surface area contributed by atoms with E-state index in [1.165, 1.54) is 44.6 Å². The monoisotopic (exact) mass is 668 g/mol. The summed E-state index contributed by atoms with van der Waals surface area (Å²) in [5.74, 6) is 0.631. The molecule has 248 valence electrons. The summed E-state index contributed by atoms with van der Waals surface area (Å²) in [5, 5.41) is 4.53. The zero-order valence-electron chi connectivity index (χ0n) is 29.4. The van der Waals surface area contributed by atoms with Gasteiger partial charge in [0.05, 0.1) is 11.4 Å². The van der Waals surface area contributed by atoms with Crippen LogP contribution in [0.15, 0.2) is 168 Å². The van der Waals surface area contributed by atoms with E-state index in [2.05, 4.69) is 153 Å². The topological polar surface area (TPSA) is 29.3 Å². The molecule has 0 aliphatic heterocycles. The smallest absolute Gasteiger partial charge is 0.227 e. The van der Waals surface area contributed by atoms with Gasteiger partial charge in [-0.05, 0) is 98.9 Å². The van der Waals surface area contributed by atoms with Crippen LogP contribution in [0.4, 0.5) is 17.1 Å². The number of para-hydroxylation sites is 1. The van der Waals surface area contributed by atoms with Crippen LogP contribution in [0, 0.1) is 6.92 Å². The number of benzene rings is 8. The average molecular weight is 669 g/mol. The molecule has 1 aliphatic carbocycles. The Kier molecular flexibility index (Phi) is 6.74. The highest BCUT2D eigenvalue weighted by Crippen LogP contribution is 2.55. The molecule has 0 unspecified atom stereocenters. The number of oxazole rings is 1. The van der Waals surface area contributed by atoms with E-state index in [1.54, 1.807) is 0 Å². The Bertz CT molecular complexity index is 2850. The van der Waals surface area contributed by atoms with Crippen LogP contribution < -0.4 is 4.90 Å². The van der Waals surface area contributed by atoms with E-state index in [1.807, 2.05) is 36.4 Å². The average Bonchev–Trinajstić information content (AvgIpc) is 3.73. The molecule has 1 aliphatic rings. The number of hydrogen-bond acceptors (Lipinski definition) is 3. The fourth-order valence-corrected chi connectivity index (χ4v) is 8.55. The van der Waals surface area contributed by atoms with Crippen molar-refractivity contribution in [2.45, 2.75) is 26.2 Å². The maximum Gasteiger partial charge on any atom is 0.227 e. The first-order valence-corrected chi connectivity index (χ1v) is 18.0. The molecule has 0 atom stereocenters. The molecular weight excluding hydrogens is 633 g/mol. The molecular formula is C49H36N2O. The summed E-state index contributed by atoms with van der Waals surface area (Å²) in [6.07, 6.45) is 0. The third-order valence-electron chi connectivity index (χ3n) is 11.0. The van der Waals surface area contributed by atoms with Crippen LogP contribution in [-0.2, 0) is 5.41 Å². The molecule has 0 spiro atoms. The molecule has 0 saturated carbocycles. The minimum atomic E-state index is -0.206. The van der Waals surface area contributed by atoms with Gasteiger partial charge in [-0.15, -0.1) is 0 Å². The lowest BCUT2D eigenvalue weighted by molar-refractivity contribution is 0.620. The van der Waals surface area contributed by atoms with Gasteiger partial charge in [-0.25, -0.2) is 4.98 Å². The summed E-state index contributed by atoms with van der Waals surface area (Å²) in [6.45, 7) is 6.93. The maximum atomic E-state index is 6.39. The molecule has 0 radical (unpaired) electrons. The van der Waals surface area contributed by atoms with E-state index in [9.17, 15) is 0 Å².